The predicted molar refractivity (Wildman–Crippen MR) is 124 cm³/mol. The second kappa shape index (κ2) is 9.12. The number of rotatable bonds is 5. The van der Waals surface area contributed by atoms with E-state index in [1.165, 1.54) is 0 Å². The van der Waals surface area contributed by atoms with E-state index in [2.05, 4.69) is 16.5 Å². The molecule has 1 aliphatic heterocycles. The van der Waals surface area contributed by atoms with Gasteiger partial charge in [-0.2, -0.15) is 5.26 Å². The Morgan fingerprint density at radius 2 is 1.55 bits per heavy atom. The summed E-state index contributed by atoms with van der Waals surface area (Å²) in [6.07, 6.45) is 1.82. The molecule has 1 heterocycles. The summed E-state index contributed by atoms with van der Waals surface area (Å²) in [7, 11) is 1.82. The highest BCUT2D eigenvalue weighted by Gasteiger charge is 2.25. The number of nitriles is 1. The molecule has 4 rings (SSSR count). The maximum Gasteiger partial charge on any atom is 0.161 e. The maximum absolute atomic E-state index is 9.48. The molecule has 0 fully saturated rings. The van der Waals surface area contributed by atoms with Gasteiger partial charge in [0.15, 0.2) is 5.82 Å². The quantitative estimate of drug-likeness (QED) is 0.559. The molecule has 0 radical (unpaired) electrons. The summed E-state index contributed by atoms with van der Waals surface area (Å²) in [4.78, 5) is 4.58. The average Bonchev–Trinajstić information content (AvgIpc) is 2.84. The molecule has 3 aromatic rings. The molecule has 5 nitrogen and oxygen atoms in total. The van der Waals surface area contributed by atoms with E-state index < -0.39 is 0 Å². The van der Waals surface area contributed by atoms with Crippen molar-refractivity contribution in [2.45, 2.75) is 6.92 Å². The smallest absolute Gasteiger partial charge is 0.161 e. The molecule has 0 aliphatic carbocycles. The third kappa shape index (κ3) is 4.25. The lowest BCUT2D eigenvalue weighted by Gasteiger charge is -2.32. The summed E-state index contributed by atoms with van der Waals surface area (Å²) >= 11 is 0. The summed E-state index contributed by atoms with van der Waals surface area (Å²) in [5.74, 6) is 2.06. The van der Waals surface area contributed by atoms with E-state index in [0.717, 1.165) is 33.9 Å². The minimum Gasteiger partial charge on any atom is -0.457 e. The third-order valence-electron chi connectivity index (χ3n) is 4.90. The molecule has 0 saturated heterocycles. The number of nitrogens with zero attached hydrogens (tertiary/aromatic N) is 3. The summed E-state index contributed by atoms with van der Waals surface area (Å²) in [6.45, 7) is 1.76. The molecule has 0 aromatic heterocycles. The Labute approximate surface area is 182 Å². The van der Waals surface area contributed by atoms with Gasteiger partial charge in [-0.3, -0.25) is 5.01 Å². The molecule has 0 amide bonds. The van der Waals surface area contributed by atoms with Crippen LogP contribution in [-0.2, 0) is 0 Å². The Hall–Kier alpha value is -4.14. The summed E-state index contributed by atoms with van der Waals surface area (Å²) in [5, 5.41) is 11.3. The first-order valence-corrected chi connectivity index (χ1v) is 9.97. The molecule has 3 aromatic carbocycles. The van der Waals surface area contributed by atoms with Gasteiger partial charge in [0.25, 0.3) is 0 Å². The van der Waals surface area contributed by atoms with Crippen LogP contribution in [0, 0.1) is 11.3 Å². The standard InChI is InChI=1S/C26H22N4O/c1-19(17-27)26-29-18-24(20-10-5-3-6-11-20)25(30(26)28-2)21-12-9-15-23(16-21)31-22-13-7-4-8-14-22/h3-16,18,28H,1-2H3/b26-19+. The van der Waals surface area contributed by atoms with Gasteiger partial charge < -0.3 is 4.74 Å². The summed E-state index contributed by atoms with van der Waals surface area (Å²) in [5.41, 5.74) is 7.53. The molecule has 0 spiro atoms. The van der Waals surface area contributed by atoms with E-state index in [1.807, 2.05) is 103 Å². The van der Waals surface area contributed by atoms with Crippen LogP contribution < -0.4 is 10.2 Å². The molecule has 0 atom stereocenters. The first-order valence-electron chi connectivity index (χ1n) is 9.97. The van der Waals surface area contributed by atoms with Crippen molar-refractivity contribution in [1.82, 2.24) is 10.4 Å². The fourth-order valence-electron chi connectivity index (χ4n) is 3.45. The van der Waals surface area contributed by atoms with Gasteiger partial charge in [-0.15, -0.1) is 0 Å². The van der Waals surface area contributed by atoms with Gasteiger partial charge in [-0.25, -0.2) is 10.4 Å². The van der Waals surface area contributed by atoms with E-state index in [9.17, 15) is 5.26 Å². The van der Waals surface area contributed by atoms with Crippen LogP contribution in [0.15, 0.2) is 101 Å². The second-order valence-corrected chi connectivity index (χ2v) is 6.95. The Kier molecular flexibility index (Phi) is 5.93. The van der Waals surface area contributed by atoms with Crippen molar-refractivity contribution in [3.63, 3.8) is 0 Å². The van der Waals surface area contributed by atoms with Crippen LogP contribution >= 0.6 is 0 Å². The van der Waals surface area contributed by atoms with Gasteiger partial charge >= 0.3 is 0 Å². The lowest BCUT2D eigenvalue weighted by Crippen LogP contribution is -2.35. The highest BCUT2D eigenvalue weighted by Crippen LogP contribution is 2.36. The second-order valence-electron chi connectivity index (χ2n) is 6.95. The van der Waals surface area contributed by atoms with Crippen molar-refractivity contribution in [3.05, 3.63) is 107 Å². The molecule has 31 heavy (non-hydrogen) atoms. The van der Waals surface area contributed by atoms with Crippen molar-refractivity contribution < 1.29 is 4.74 Å². The van der Waals surface area contributed by atoms with Crippen LogP contribution in [-0.4, -0.2) is 18.3 Å². The molecule has 152 valence electrons. The van der Waals surface area contributed by atoms with Crippen LogP contribution in [0.2, 0.25) is 0 Å². The highest BCUT2D eigenvalue weighted by atomic mass is 16.5. The summed E-state index contributed by atoms with van der Waals surface area (Å²) < 4.78 is 6.06. The van der Waals surface area contributed by atoms with E-state index >= 15 is 0 Å². The number of ether oxygens (including phenoxy) is 1. The molecule has 0 saturated carbocycles. The molecule has 1 N–H and O–H groups in total. The van der Waals surface area contributed by atoms with E-state index in [1.54, 1.807) is 6.92 Å². The zero-order valence-corrected chi connectivity index (χ0v) is 17.4. The van der Waals surface area contributed by atoms with Gasteiger partial charge in [0.05, 0.1) is 17.3 Å². The number of nitrogens with one attached hydrogen (secondary N) is 1. The van der Waals surface area contributed by atoms with Crippen molar-refractivity contribution in [2.75, 3.05) is 7.05 Å². The normalized spacial score (nSPS) is 14.9. The van der Waals surface area contributed by atoms with Crippen LogP contribution in [0.3, 0.4) is 0 Å². The van der Waals surface area contributed by atoms with Gasteiger partial charge in [-0.05, 0) is 36.8 Å². The topological polar surface area (TPSA) is 60.6 Å². The number of hydrogen-bond acceptors (Lipinski definition) is 5. The number of hydrogen-bond donors (Lipinski definition) is 1. The number of allylic oxidation sites excluding steroid dienone is 2. The number of benzene rings is 3. The molecule has 0 unspecified atom stereocenters. The zero-order valence-electron chi connectivity index (χ0n) is 17.4. The van der Waals surface area contributed by atoms with Crippen molar-refractivity contribution in [3.8, 4) is 17.6 Å². The van der Waals surface area contributed by atoms with Crippen molar-refractivity contribution in [2.24, 2.45) is 4.99 Å². The highest BCUT2D eigenvalue weighted by molar-refractivity contribution is 6.20. The molecule has 1 aliphatic rings. The number of aliphatic imine (C=N–C) groups is 1. The van der Waals surface area contributed by atoms with Gasteiger partial charge in [0.2, 0.25) is 0 Å². The monoisotopic (exact) mass is 406 g/mol. The summed E-state index contributed by atoms with van der Waals surface area (Å²) in [6, 6.07) is 29.9. The fraction of sp³-hybridized carbons (Fsp3) is 0.0769. The largest absolute Gasteiger partial charge is 0.457 e. The first kappa shape index (κ1) is 20.1. The predicted octanol–water partition coefficient (Wildman–Crippen LogP) is 5.62. The fourth-order valence-corrected chi connectivity index (χ4v) is 3.45. The maximum atomic E-state index is 9.48. The van der Waals surface area contributed by atoms with Crippen LogP contribution in [0.25, 0.3) is 11.3 Å². The van der Waals surface area contributed by atoms with Crippen molar-refractivity contribution in [1.29, 1.82) is 5.26 Å². The van der Waals surface area contributed by atoms with Crippen molar-refractivity contribution >= 4 is 17.5 Å². The molecular weight excluding hydrogens is 384 g/mol. The Morgan fingerprint density at radius 1 is 0.903 bits per heavy atom. The van der Waals surface area contributed by atoms with Gasteiger partial charge in [0, 0.05) is 24.4 Å². The average molecular weight is 406 g/mol. The van der Waals surface area contributed by atoms with E-state index in [0.29, 0.717) is 11.4 Å². The van der Waals surface area contributed by atoms with Crippen LogP contribution in [0.4, 0.5) is 0 Å². The van der Waals surface area contributed by atoms with Crippen LogP contribution in [0.5, 0.6) is 11.5 Å². The van der Waals surface area contributed by atoms with E-state index in [4.69, 9.17) is 4.74 Å². The molecular formula is C26H22N4O. The molecule has 0 bridgehead atoms. The lowest BCUT2D eigenvalue weighted by atomic mass is 9.98. The third-order valence-corrected chi connectivity index (χ3v) is 4.90. The van der Waals surface area contributed by atoms with Gasteiger partial charge in [0.1, 0.15) is 11.5 Å². The van der Waals surface area contributed by atoms with Gasteiger partial charge in [-0.1, -0.05) is 60.7 Å². The van der Waals surface area contributed by atoms with Crippen LogP contribution in [0.1, 0.15) is 18.1 Å². The number of para-hydroxylation sites is 1. The Bertz CT molecular complexity index is 1200. The van der Waals surface area contributed by atoms with E-state index in [-0.39, 0.29) is 0 Å². The minimum absolute atomic E-state index is 0.520. The minimum atomic E-state index is 0.520. The molecule has 5 heteroatoms. The first-order chi connectivity index (χ1) is 15.2. The Morgan fingerprint density at radius 3 is 2.23 bits per heavy atom. The zero-order chi connectivity index (χ0) is 21.6. The SMILES string of the molecule is CNN1C(c2cccc(Oc3ccccc3)c2)=C(c2ccccc2)C=N/C1=C(/C)C#N. The lowest BCUT2D eigenvalue weighted by molar-refractivity contribution is 0.388. The Balaban J connectivity index is 1.86. The number of hydrazine groups is 1.